The van der Waals surface area contributed by atoms with Crippen molar-refractivity contribution in [3.8, 4) is 11.1 Å². The second-order valence-corrected chi connectivity index (χ2v) is 7.78. The van der Waals surface area contributed by atoms with Gasteiger partial charge in [0.05, 0.1) is 6.67 Å². The van der Waals surface area contributed by atoms with Crippen LogP contribution in [-0.4, -0.2) is 61.5 Å². The van der Waals surface area contributed by atoms with Crippen molar-refractivity contribution in [2.24, 2.45) is 4.99 Å². The number of hydrogen-bond acceptors (Lipinski definition) is 7. The molecule has 7 nitrogen and oxygen atoms in total. The standard InChI is InChI=1S/C24H29N7/c1-30(2)22-9-4-7-20(17-22)19-6-3-8-21(16-19)28-24-27-12-10-23(29-24)26-11-5-14-31-15-13-25-18-31/h3-4,6-10,12-13,16-17H,5,11,14-15,18H2,1-2H3,(H2,26,27,28,29). The van der Waals surface area contributed by atoms with Crippen molar-refractivity contribution in [3.63, 3.8) is 0 Å². The predicted molar refractivity (Wildman–Crippen MR) is 130 cm³/mol. The van der Waals surface area contributed by atoms with Crippen molar-refractivity contribution in [1.29, 1.82) is 0 Å². The Morgan fingerprint density at radius 2 is 1.87 bits per heavy atom. The van der Waals surface area contributed by atoms with E-state index in [4.69, 9.17) is 0 Å². The van der Waals surface area contributed by atoms with Crippen LogP contribution in [0, 0.1) is 0 Å². The first kappa shape index (κ1) is 20.8. The lowest BCUT2D eigenvalue weighted by Crippen LogP contribution is -2.23. The van der Waals surface area contributed by atoms with Crippen LogP contribution in [-0.2, 0) is 0 Å². The summed E-state index contributed by atoms with van der Waals surface area (Å²) >= 11 is 0. The van der Waals surface area contributed by atoms with E-state index in [2.05, 4.69) is 85.9 Å². The predicted octanol–water partition coefficient (Wildman–Crippen LogP) is 4.10. The van der Waals surface area contributed by atoms with Gasteiger partial charge in [-0.25, -0.2) is 4.98 Å². The molecule has 0 radical (unpaired) electrons. The van der Waals surface area contributed by atoms with Gasteiger partial charge in [-0.1, -0.05) is 24.3 Å². The maximum atomic E-state index is 4.60. The summed E-state index contributed by atoms with van der Waals surface area (Å²) in [5, 5.41) is 6.72. The Morgan fingerprint density at radius 3 is 2.68 bits per heavy atom. The van der Waals surface area contributed by atoms with E-state index in [0.29, 0.717) is 5.95 Å². The molecule has 31 heavy (non-hydrogen) atoms. The second kappa shape index (κ2) is 10.0. The summed E-state index contributed by atoms with van der Waals surface area (Å²) in [4.78, 5) is 17.6. The Morgan fingerprint density at radius 1 is 1.03 bits per heavy atom. The first-order valence-corrected chi connectivity index (χ1v) is 10.6. The second-order valence-electron chi connectivity index (χ2n) is 7.78. The summed E-state index contributed by atoms with van der Waals surface area (Å²) in [6, 6.07) is 18.7. The van der Waals surface area contributed by atoms with E-state index < -0.39 is 0 Å². The molecule has 160 valence electrons. The van der Waals surface area contributed by atoms with Gasteiger partial charge in [0.1, 0.15) is 5.82 Å². The summed E-state index contributed by atoms with van der Waals surface area (Å²) in [5.74, 6) is 1.40. The molecule has 2 aromatic carbocycles. The van der Waals surface area contributed by atoms with E-state index >= 15 is 0 Å². The molecule has 0 aliphatic carbocycles. The average Bonchev–Trinajstić information content (AvgIpc) is 3.31. The fraction of sp³-hybridized carbons (Fsp3) is 0.292. The van der Waals surface area contributed by atoms with Gasteiger partial charge in [0.2, 0.25) is 5.95 Å². The number of hydrogen-bond donors (Lipinski definition) is 2. The van der Waals surface area contributed by atoms with Crippen molar-refractivity contribution in [1.82, 2.24) is 14.9 Å². The van der Waals surface area contributed by atoms with Crippen LogP contribution in [0.1, 0.15) is 6.42 Å². The molecule has 0 saturated heterocycles. The summed E-state index contributed by atoms with van der Waals surface area (Å²) < 4.78 is 0. The molecular weight excluding hydrogens is 386 g/mol. The third kappa shape index (κ3) is 5.79. The van der Waals surface area contributed by atoms with Gasteiger partial charge < -0.3 is 15.5 Å². The molecule has 0 fully saturated rings. The number of nitrogens with one attached hydrogen (secondary N) is 2. The third-order valence-corrected chi connectivity index (χ3v) is 5.18. The van der Waals surface area contributed by atoms with Crippen LogP contribution in [0.25, 0.3) is 11.1 Å². The van der Waals surface area contributed by atoms with Gasteiger partial charge in [0, 0.05) is 57.5 Å². The minimum atomic E-state index is 0.581. The Hall–Kier alpha value is -3.45. The smallest absolute Gasteiger partial charge is 0.229 e. The molecule has 0 amide bonds. The van der Waals surface area contributed by atoms with Crippen LogP contribution in [0.3, 0.4) is 0 Å². The minimum absolute atomic E-state index is 0.581. The molecule has 1 aliphatic heterocycles. The maximum Gasteiger partial charge on any atom is 0.229 e. The monoisotopic (exact) mass is 415 g/mol. The number of anilines is 4. The van der Waals surface area contributed by atoms with Crippen molar-refractivity contribution in [3.05, 3.63) is 60.8 Å². The quantitative estimate of drug-likeness (QED) is 0.513. The van der Waals surface area contributed by atoms with E-state index in [1.54, 1.807) is 6.20 Å². The molecular formula is C24H29N7. The van der Waals surface area contributed by atoms with Gasteiger partial charge in [-0.05, 0) is 47.9 Å². The minimum Gasteiger partial charge on any atom is -0.378 e. The molecule has 4 rings (SSSR count). The van der Waals surface area contributed by atoms with E-state index in [9.17, 15) is 0 Å². The molecule has 0 atom stereocenters. The molecule has 0 bridgehead atoms. The van der Waals surface area contributed by atoms with Crippen LogP contribution in [0.4, 0.5) is 23.1 Å². The van der Waals surface area contributed by atoms with Gasteiger partial charge in [-0.2, -0.15) is 4.98 Å². The fourth-order valence-corrected chi connectivity index (χ4v) is 3.47. The number of aromatic nitrogens is 2. The zero-order valence-corrected chi connectivity index (χ0v) is 18.1. The van der Waals surface area contributed by atoms with Crippen molar-refractivity contribution < 1.29 is 0 Å². The molecule has 0 spiro atoms. The van der Waals surface area contributed by atoms with Gasteiger partial charge in [-0.15, -0.1) is 0 Å². The Labute approximate surface area is 183 Å². The van der Waals surface area contributed by atoms with E-state index in [1.165, 1.54) is 11.3 Å². The fourth-order valence-electron chi connectivity index (χ4n) is 3.47. The molecule has 3 aromatic rings. The summed E-state index contributed by atoms with van der Waals surface area (Å²) in [7, 11) is 4.10. The van der Waals surface area contributed by atoms with E-state index in [-0.39, 0.29) is 0 Å². The molecule has 7 heteroatoms. The van der Waals surface area contributed by atoms with Crippen LogP contribution >= 0.6 is 0 Å². The lowest BCUT2D eigenvalue weighted by molar-refractivity contribution is 0.341. The van der Waals surface area contributed by atoms with Gasteiger partial charge in [0.25, 0.3) is 0 Å². The van der Waals surface area contributed by atoms with Crippen LogP contribution in [0.2, 0.25) is 0 Å². The van der Waals surface area contributed by atoms with Crippen molar-refractivity contribution in [2.45, 2.75) is 6.42 Å². The average molecular weight is 416 g/mol. The summed E-state index contributed by atoms with van der Waals surface area (Å²) in [6.07, 6.45) is 4.80. The Balaban J connectivity index is 1.37. The van der Waals surface area contributed by atoms with Crippen LogP contribution in [0.15, 0.2) is 65.8 Å². The van der Waals surface area contributed by atoms with Gasteiger partial charge in [-0.3, -0.25) is 9.89 Å². The number of nitrogens with zero attached hydrogens (tertiary/aromatic N) is 5. The largest absolute Gasteiger partial charge is 0.378 e. The maximum absolute atomic E-state index is 4.60. The highest BCUT2D eigenvalue weighted by atomic mass is 15.2. The van der Waals surface area contributed by atoms with Gasteiger partial charge in [0.15, 0.2) is 0 Å². The zero-order valence-electron chi connectivity index (χ0n) is 18.1. The first-order chi connectivity index (χ1) is 15.2. The molecule has 1 aliphatic rings. The Bertz CT molecular complexity index is 1020. The van der Waals surface area contributed by atoms with Crippen LogP contribution < -0.4 is 15.5 Å². The summed E-state index contributed by atoms with van der Waals surface area (Å²) in [6.45, 7) is 3.68. The summed E-state index contributed by atoms with van der Waals surface area (Å²) in [5.41, 5.74) is 4.46. The highest BCUT2D eigenvalue weighted by Crippen LogP contribution is 2.27. The molecule has 2 heterocycles. The highest BCUT2D eigenvalue weighted by molar-refractivity contribution is 5.72. The first-order valence-electron chi connectivity index (χ1n) is 10.6. The molecule has 2 N–H and O–H groups in total. The molecule has 0 unspecified atom stereocenters. The number of rotatable bonds is 9. The van der Waals surface area contributed by atoms with E-state index in [1.807, 2.05) is 24.4 Å². The topological polar surface area (TPSA) is 68.7 Å². The van der Waals surface area contributed by atoms with Crippen LogP contribution in [0.5, 0.6) is 0 Å². The third-order valence-electron chi connectivity index (χ3n) is 5.18. The number of benzene rings is 2. The SMILES string of the molecule is CN(C)c1cccc(-c2cccc(Nc3nccc(NCCCN4CC=NC4)n3)c2)c1. The molecule has 0 saturated carbocycles. The normalized spacial score (nSPS) is 13.4. The Kier molecular flexibility index (Phi) is 6.74. The van der Waals surface area contributed by atoms with Gasteiger partial charge >= 0.3 is 0 Å². The highest BCUT2D eigenvalue weighted by Gasteiger charge is 2.07. The number of aliphatic imine (C=N–C) groups is 1. The lowest BCUT2D eigenvalue weighted by Gasteiger charge is -2.14. The van der Waals surface area contributed by atoms with Crippen molar-refractivity contribution >= 4 is 29.4 Å². The zero-order chi connectivity index (χ0) is 21.5. The van der Waals surface area contributed by atoms with Crippen molar-refractivity contribution in [2.75, 3.05) is 55.9 Å². The molecule has 1 aromatic heterocycles. The lowest BCUT2D eigenvalue weighted by atomic mass is 10.0. The van der Waals surface area contributed by atoms with E-state index in [0.717, 1.165) is 49.8 Å².